The van der Waals surface area contributed by atoms with Crippen LogP contribution in [0.4, 0.5) is 0 Å². The molecule has 0 bridgehead atoms. The average molecular weight is 267 g/mol. The van der Waals surface area contributed by atoms with Crippen molar-refractivity contribution < 1.29 is 9.90 Å². The summed E-state index contributed by atoms with van der Waals surface area (Å²) in [7, 11) is 0. The zero-order valence-corrected chi connectivity index (χ0v) is 12.4. The van der Waals surface area contributed by atoms with Crippen LogP contribution in [0.1, 0.15) is 45.0 Å². The van der Waals surface area contributed by atoms with Crippen molar-refractivity contribution in [1.29, 1.82) is 0 Å². The number of carbonyl (C=O) groups is 1. The number of carboxylic acid groups (broad SMARTS) is 1. The maximum Gasteiger partial charge on any atom is 0.303 e. The number of nitrogens with zero attached hydrogens (tertiary/aromatic N) is 3. The van der Waals surface area contributed by atoms with Crippen LogP contribution in [0, 0.1) is 6.92 Å². The van der Waals surface area contributed by atoms with Crippen LogP contribution in [-0.4, -0.2) is 38.3 Å². The molecule has 0 aliphatic heterocycles. The molecule has 1 heterocycles. The van der Waals surface area contributed by atoms with Crippen LogP contribution in [0.15, 0.2) is 6.07 Å². The van der Waals surface area contributed by atoms with Crippen molar-refractivity contribution in [2.45, 2.75) is 59.7 Å². The van der Waals surface area contributed by atoms with Gasteiger partial charge in [0, 0.05) is 25.6 Å². The molecule has 5 nitrogen and oxygen atoms in total. The topological polar surface area (TPSA) is 58.4 Å². The predicted octanol–water partition coefficient (Wildman–Crippen LogP) is 2.29. The summed E-state index contributed by atoms with van der Waals surface area (Å²) >= 11 is 0. The van der Waals surface area contributed by atoms with E-state index < -0.39 is 5.97 Å². The third kappa shape index (κ3) is 5.03. The van der Waals surface area contributed by atoms with E-state index in [1.807, 2.05) is 11.6 Å². The summed E-state index contributed by atoms with van der Waals surface area (Å²) in [5.74, 6) is -0.724. The number of aliphatic carboxylic acids is 1. The van der Waals surface area contributed by atoms with Crippen LogP contribution in [0.25, 0.3) is 0 Å². The Morgan fingerprint density at radius 2 is 2.21 bits per heavy atom. The number of hydrogen-bond acceptors (Lipinski definition) is 3. The maximum absolute atomic E-state index is 10.6. The highest BCUT2D eigenvalue weighted by atomic mass is 16.4. The van der Waals surface area contributed by atoms with Gasteiger partial charge in [-0.15, -0.1) is 0 Å². The summed E-state index contributed by atoms with van der Waals surface area (Å²) in [6, 6.07) is 2.50. The minimum Gasteiger partial charge on any atom is -0.481 e. The van der Waals surface area contributed by atoms with E-state index in [2.05, 4.69) is 36.8 Å². The molecule has 0 aliphatic carbocycles. The zero-order chi connectivity index (χ0) is 14.4. The number of rotatable bonds is 8. The number of aryl methyl sites for hydroxylation is 2. The van der Waals surface area contributed by atoms with Crippen molar-refractivity contribution >= 4 is 5.97 Å². The van der Waals surface area contributed by atoms with Gasteiger partial charge in [0.05, 0.1) is 11.4 Å². The summed E-state index contributed by atoms with van der Waals surface area (Å²) in [6.45, 7) is 10.9. The Balaban J connectivity index is 2.64. The molecule has 0 aliphatic rings. The van der Waals surface area contributed by atoms with Gasteiger partial charge in [-0.2, -0.15) is 5.10 Å². The fraction of sp³-hybridized carbons (Fsp3) is 0.714. The second-order valence-electron chi connectivity index (χ2n) is 5.15. The van der Waals surface area contributed by atoms with E-state index in [0.29, 0.717) is 12.5 Å². The Morgan fingerprint density at radius 3 is 2.74 bits per heavy atom. The van der Waals surface area contributed by atoms with E-state index in [-0.39, 0.29) is 6.42 Å². The summed E-state index contributed by atoms with van der Waals surface area (Å²) in [5.41, 5.74) is 2.23. The lowest BCUT2D eigenvalue weighted by Gasteiger charge is -2.26. The lowest BCUT2D eigenvalue weighted by atomic mass is 10.2. The first-order valence-electron chi connectivity index (χ1n) is 6.93. The Hall–Kier alpha value is -1.36. The molecule has 0 fully saturated rings. The fourth-order valence-electron chi connectivity index (χ4n) is 2.16. The molecule has 108 valence electrons. The van der Waals surface area contributed by atoms with Gasteiger partial charge in [-0.1, -0.05) is 0 Å². The summed E-state index contributed by atoms with van der Waals surface area (Å²) in [6.07, 6.45) is 0.919. The normalized spacial score (nSPS) is 11.5. The van der Waals surface area contributed by atoms with Gasteiger partial charge in [0.15, 0.2) is 0 Å². The van der Waals surface area contributed by atoms with Crippen molar-refractivity contribution in [3.05, 3.63) is 17.5 Å². The minimum absolute atomic E-state index is 0.231. The first-order valence-corrected chi connectivity index (χ1v) is 6.93. The van der Waals surface area contributed by atoms with Crippen LogP contribution in [-0.2, 0) is 17.9 Å². The highest BCUT2D eigenvalue weighted by molar-refractivity contribution is 5.66. The summed E-state index contributed by atoms with van der Waals surface area (Å²) in [5, 5.41) is 13.2. The molecule has 1 aromatic heterocycles. The van der Waals surface area contributed by atoms with Gasteiger partial charge in [-0.05, 0) is 46.7 Å². The van der Waals surface area contributed by atoms with E-state index in [4.69, 9.17) is 5.11 Å². The molecule has 0 atom stereocenters. The molecule has 5 heteroatoms. The van der Waals surface area contributed by atoms with E-state index in [0.717, 1.165) is 25.3 Å². The quantitative estimate of drug-likeness (QED) is 0.785. The molecule has 1 rings (SSSR count). The molecular formula is C14H25N3O2. The van der Waals surface area contributed by atoms with Gasteiger partial charge in [0.2, 0.25) is 0 Å². The van der Waals surface area contributed by atoms with Gasteiger partial charge in [0.25, 0.3) is 0 Å². The number of hydrogen-bond donors (Lipinski definition) is 1. The molecule has 19 heavy (non-hydrogen) atoms. The van der Waals surface area contributed by atoms with Crippen LogP contribution >= 0.6 is 0 Å². The van der Waals surface area contributed by atoms with Gasteiger partial charge in [-0.25, -0.2) is 0 Å². The molecule has 0 radical (unpaired) electrons. The third-order valence-corrected chi connectivity index (χ3v) is 3.22. The molecule has 0 unspecified atom stereocenters. The van der Waals surface area contributed by atoms with Crippen LogP contribution in [0.5, 0.6) is 0 Å². The molecule has 0 aromatic carbocycles. The maximum atomic E-state index is 10.6. The van der Waals surface area contributed by atoms with E-state index >= 15 is 0 Å². The SMILES string of the molecule is CCn1nc(C)cc1CN(CCCC(=O)O)C(C)C. The van der Waals surface area contributed by atoms with Crippen molar-refractivity contribution in [1.82, 2.24) is 14.7 Å². The number of carboxylic acids is 1. The van der Waals surface area contributed by atoms with Gasteiger partial charge < -0.3 is 5.11 Å². The Labute approximate surface area is 115 Å². The summed E-state index contributed by atoms with van der Waals surface area (Å²) < 4.78 is 2.02. The molecule has 1 aromatic rings. The van der Waals surface area contributed by atoms with Gasteiger partial charge in [-0.3, -0.25) is 14.4 Å². The largest absolute Gasteiger partial charge is 0.481 e. The van der Waals surface area contributed by atoms with Gasteiger partial charge >= 0.3 is 5.97 Å². The minimum atomic E-state index is -0.724. The second kappa shape index (κ2) is 7.28. The van der Waals surface area contributed by atoms with Crippen molar-refractivity contribution in [2.24, 2.45) is 0 Å². The number of aromatic nitrogens is 2. The van der Waals surface area contributed by atoms with Crippen LogP contribution in [0.3, 0.4) is 0 Å². The predicted molar refractivity (Wildman–Crippen MR) is 75.1 cm³/mol. The van der Waals surface area contributed by atoms with Crippen molar-refractivity contribution in [3.63, 3.8) is 0 Å². The highest BCUT2D eigenvalue weighted by Crippen LogP contribution is 2.11. The standard InChI is InChI=1S/C14H25N3O2/c1-5-17-13(9-12(4)15-17)10-16(11(2)3)8-6-7-14(18)19/h9,11H,5-8,10H2,1-4H3,(H,18,19). The fourth-order valence-corrected chi connectivity index (χ4v) is 2.16. The van der Waals surface area contributed by atoms with E-state index in [1.165, 1.54) is 5.69 Å². The van der Waals surface area contributed by atoms with Crippen LogP contribution < -0.4 is 0 Å². The lowest BCUT2D eigenvalue weighted by Crippen LogP contribution is -2.32. The molecular weight excluding hydrogens is 242 g/mol. The summed E-state index contributed by atoms with van der Waals surface area (Å²) in [4.78, 5) is 12.9. The van der Waals surface area contributed by atoms with Crippen molar-refractivity contribution in [2.75, 3.05) is 6.54 Å². The Morgan fingerprint density at radius 1 is 1.53 bits per heavy atom. The van der Waals surface area contributed by atoms with Gasteiger partial charge in [0.1, 0.15) is 0 Å². The molecule has 0 saturated carbocycles. The molecule has 0 saturated heterocycles. The molecule has 0 amide bonds. The monoisotopic (exact) mass is 267 g/mol. The lowest BCUT2D eigenvalue weighted by molar-refractivity contribution is -0.137. The third-order valence-electron chi connectivity index (χ3n) is 3.22. The molecule has 0 spiro atoms. The first-order chi connectivity index (χ1) is 8.93. The Bertz CT molecular complexity index is 413. The van der Waals surface area contributed by atoms with Crippen LogP contribution in [0.2, 0.25) is 0 Å². The van der Waals surface area contributed by atoms with Crippen molar-refractivity contribution in [3.8, 4) is 0 Å². The average Bonchev–Trinajstić information content (AvgIpc) is 2.67. The van der Waals surface area contributed by atoms with E-state index in [9.17, 15) is 4.79 Å². The second-order valence-corrected chi connectivity index (χ2v) is 5.15. The highest BCUT2D eigenvalue weighted by Gasteiger charge is 2.14. The molecule has 1 N–H and O–H groups in total. The Kier molecular flexibility index (Phi) is 6.02. The van der Waals surface area contributed by atoms with E-state index in [1.54, 1.807) is 0 Å². The first kappa shape index (κ1) is 15.7. The zero-order valence-electron chi connectivity index (χ0n) is 12.4. The smallest absolute Gasteiger partial charge is 0.303 e.